The quantitative estimate of drug-likeness (QED) is 0.559. The van der Waals surface area contributed by atoms with E-state index in [0.29, 0.717) is 12.8 Å². The smallest absolute Gasteiger partial charge is 0.0724 e. The van der Waals surface area contributed by atoms with Gasteiger partial charge in [-0.1, -0.05) is 24.8 Å². The van der Waals surface area contributed by atoms with Crippen molar-refractivity contribution in [3.8, 4) is 0 Å². The summed E-state index contributed by atoms with van der Waals surface area (Å²) in [6, 6.07) is 0. The summed E-state index contributed by atoms with van der Waals surface area (Å²) in [6.07, 6.45) is 5.78. The van der Waals surface area contributed by atoms with Crippen LogP contribution < -0.4 is 0 Å². The molecule has 0 saturated carbocycles. The SMILES string of the molecule is C=CC=CC(O)CCCO. The van der Waals surface area contributed by atoms with Crippen molar-refractivity contribution in [2.45, 2.75) is 18.9 Å². The first-order valence-corrected chi connectivity index (χ1v) is 3.39. The van der Waals surface area contributed by atoms with Gasteiger partial charge in [0.15, 0.2) is 0 Å². The van der Waals surface area contributed by atoms with Gasteiger partial charge in [-0.3, -0.25) is 0 Å². The van der Waals surface area contributed by atoms with Crippen LogP contribution in [0.15, 0.2) is 24.8 Å². The van der Waals surface area contributed by atoms with Gasteiger partial charge in [0.2, 0.25) is 0 Å². The Balaban J connectivity index is 3.32. The molecule has 0 aliphatic carbocycles. The van der Waals surface area contributed by atoms with Gasteiger partial charge in [0.25, 0.3) is 0 Å². The fourth-order valence-corrected chi connectivity index (χ4v) is 0.603. The lowest BCUT2D eigenvalue weighted by Crippen LogP contribution is -2.02. The Morgan fingerprint density at radius 1 is 1.50 bits per heavy atom. The van der Waals surface area contributed by atoms with Crippen LogP contribution in [0.1, 0.15) is 12.8 Å². The molecule has 0 spiro atoms. The summed E-state index contributed by atoms with van der Waals surface area (Å²) in [5, 5.41) is 17.5. The second-order valence-electron chi connectivity index (χ2n) is 2.05. The highest BCUT2D eigenvalue weighted by molar-refractivity contribution is 5.00. The molecule has 2 nitrogen and oxygen atoms in total. The first kappa shape index (κ1) is 9.40. The molecule has 0 aliphatic rings. The molecule has 0 amide bonds. The van der Waals surface area contributed by atoms with E-state index >= 15 is 0 Å². The topological polar surface area (TPSA) is 40.5 Å². The molecule has 0 aromatic heterocycles. The molecule has 1 unspecified atom stereocenters. The summed E-state index contributed by atoms with van der Waals surface area (Å²) in [6.45, 7) is 3.60. The molecule has 2 N–H and O–H groups in total. The van der Waals surface area contributed by atoms with E-state index in [1.165, 1.54) is 0 Å². The third-order valence-electron chi connectivity index (χ3n) is 1.13. The molecular weight excluding hydrogens is 128 g/mol. The maximum atomic E-state index is 9.07. The number of hydrogen-bond donors (Lipinski definition) is 2. The van der Waals surface area contributed by atoms with Gasteiger partial charge in [0, 0.05) is 6.61 Å². The van der Waals surface area contributed by atoms with Crippen LogP contribution in [-0.4, -0.2) is 22.9 Å². The van der Waals surface area contributed by atoms with E-state index in [-0.39, 0.29) is 6.61 Å². The largest absolute Gasteiger partial charge is 0.396 e. The molecule has 1 atom stereocenters. The molecule has 0 fully saturated rings. The molecule has 2 heteroatoms. The molecular formula is C8H14O2. The van der Waals surface area contributed by atoms with Crippen LogP contribution in [-0.2, 0) is 0 Å². The maximum absolute atomic E-state index is 9.07. The van der Waals surface area contributed by atoms with Crippen molar-refractivity contribution in [3.63, 3.8) is 0 Å². The minimum absolute atomic E-state index is 0.138. The van der Waals surface area contributed by atoms with E-state index in [2.05, 4.69) is 6.58 Å². The van der Waals surface area contributed by atoms with Crippen LogP contribution in [0.5, 0.6) is 0 Å². The predicted molar refractivity (Wildman–Crippen MR) is 41.7 cm³/mol. The Bertz CT molecular complexity index is 108. The van der Waals surface area contributed by atoms with E-state index in [9.17, 15) is 0 Å². The van der Waals surface area contributed by atoms with Crippen molar-refractivity contribution in [1.29, 1.82) is 0 Å². The lowest BCUT2D eigenvalue weighted by molar-refractivity contribution is 0.190. The highest BCUT2D eigenvalue weighted by Gasteiger charge is 1.95. The van der Waals surface area contributed by atoms with E-state index in [4.69, 9.17) is 10.2 Å². The fraction of sp³-hybridized carbons (Fsp3) is 0.500. The van der Waals surface area contributed by atoms with Gasteiger partial charge in [-0.15, -0.1) is 0 Å². The molecule has 0 saturated heterocycles. The van der Waals surface area contributed by atoms with Gasteiger partial charge < -0.3 is 10.2 Å². The molecule has 0 bridgehead atoms. The molecule has 0 aromatic rings. The second kappa shape index (κ2) is 6.52. The normalized spacial score (nSPS) is 13.8. The zero-order valence-electron chi connectivity index (χ0n) is 6.03. The number of aliphatic hydroxyl groups excluding tert-OH is 2. The van der Waals surface area contributed by atoms with Crippen molar-refractivity contribution in [2.24, 2.45) is 0 Å². The zero-order valence-corrected chi connectivity index (χ0v) is 6.03. The second-order valence-corrected chi connectivity index (χ2v) is 2.05. The van der Waals surface area contributed by atoms with Gasteiger partial charge in [-0.05, 0) is 12.8 Å². The molecule has 0 radical (unpaired) electrons. The Hall–Kier alpha value is -0.600. The van der Waals surface area contributed by atoms with Gasteiger partial charge in [-0.25, -0.2) is 0 Å². The summed E-state index contributed by atoms with van der Waals surface area (Å²) < 4.78 is 0. The monoisotopic (exact) mass is 142 g/mol. The Morgan fingerprint density at radius 2 is 2.20 bits per heavy atom. The highest BCUT2D eigenvalue weighted by Crippen LogP contribution is 1.97. The number of allylic oxidation sites excluding steroid dienone is 2. The average molecular weight is 142 g/mol. The summed E-state index contributed by atoms with van der Waals surface area (Å²) in [5.41, 5.74) is 0. The van der Waals surface area contributed by atoms with Crippen LogP contribution >= 0.6 is 0 Å². The predicted octanol–water partition coefficient (Wildman–Crippen LogP) is 0.862. The molecule has 0 aliphatic heterocycles. The van der Waals surface area contributed by atoms with Crippen LogP contribution in [0.4, 0.5) is 0 Å². The van der Waals surface area contributed by atoms with Crippen LogP contribution in [0.2, 0.25) is 0 Å². The van der Waals surface area contributed by atoms with E-state index in [0.717, 1.165) is 0 Å². The third kappa shape index (κ3) is 5.54. The molecule has 58 valence electrons. The molecule has 0 heterocycles. The highest BCUT2D eigenvalue weighted by atomic mass is 16.3. The van der Waals surface area contributed by atoms with Crippen LogP contribution in [0.25, 0.3) is 0 Å². The standard InChI is InChI=1S/C8H14O2/c1-2-3-5-8(10)6-4-7-9/h2-3,5,8-10H,1,4,6-7H2. The first-order valence-electron chi connectivity index (χ1n) is 3.39. The molecule has 0 aromatic carbocycles. The third-order valence-corrected chi connectivity index (χ3v) is 1.13. The maximum Gasteiger partial charge on any atom is 0.0724 e. The van der Waals surface area contributed by atoms with Crippen molar-refractivity contribution in [2.75, 3.05) is 6.61 Å². The number of rotatable bonds is 5. The van der Waals surface area contributed by atoms with Crippen molar-refractivity contribution >= 4 is 0 Å². The summed E-state index contributed by atoms with van der Waals surface area (Å²) >= 11 is 0. The first-order chi connectivity index (χ1) is 4.81. The Kier molecular flexibility index (Phi) is 6.13. The number of aliphatic hydroxyl groups is 2. The molecule has 0 rings (SSSR count). The average Bonchev–Trinajstić information content (AvgIpc) is 1.97. The lowest BCUT2D eigenvalue weighted by Gasteiger charge is -2.01. The van der Waals surface area contributed by atoms with Crippen molar-refractivity contribution in [1.82, 2.24) is 0 Å². The summed E-state index contributed by atoms with van der Waals surface area (Å²) in [5.74, 6) is 0. The van der Waals surface area contributed by atoms with E-state index in [1.54, 1.807) is 18.2 Å². The fourth-order valence-electron chi connectivity index (χ4n) is 0.603. The van der Waals surface area contributed by atoms with E-state index < -0.39 is 6.10 Å². The van der Waals surface area contributed by atoms with E-state index in [1.807, 2.05) is 0 Å². The van der Waals surface area contributed by atoms with Gasteiger partial charge in [0.05, 0.1) is 6.10 Å². The number of hydrogen-bond acceptors (Lipinski definition) is 2. The van der Waals surface area contributed by atoms with Crippen molar-refractivity contribution in [3.05, 3.63) is 24.8 Å². The van der Waals surface area contributed by atoms with Crippen LogP contribution in [0, 0.1) is 0 Å². The van der Waals surface area contributed by atoms with Crippen LogP contribution in [0.3, 0.4) is 0 Å². The Labute approximate surface area is 61.5 Å². The van der Waals surface area contributed by atoms with Gasteiger partial charge in [-0.2, -0.15) is 0 Å². The van der Waals surface area contributed by atoms with Gasteiger partial charge in [0.1, 0.15) is 0 Å². The molecule has 10 heavy (non-hydrogen) atoms. The Morgan fingerprint density at radius 3 is 2.70 bits per heavy atom. The summed E-state index contributed by atoms with van der Waals surface area (Å²) in [4.78, 5) is 0. The minimum Gasteiger partial charge on any atom is -0.396 e. The zero-order chi connectivity index (χ0) is 7.82. The lowest BCUT2D eigenvalue weighted by atomic mass is 10.2. The summed E-state index contributed by atoms with van der Waals surface area (Å²) in [7, 11) is 0. The van der Waals surface area contributed by atoms with Gasteiger partial charge >= 0.3 is 0 Å². The van der Waals surface area contributed by atoms with Crippen molar-refractivity contribution < 1.29 is 10.2 Å². The minimum atomic E-state index is -0.440.